The van der Waals surface area contributed by atoms with Crippen molar-refractivity contribution in [2.45, 2.75) is 13.5 Å². The van der Waals surface area contributed by atoms with E-state index < -0.39 is 0 Å². The summed E-state index contributed by atoms with van der Waals surface area (Å²) in [6.07, 6.45) is 1.56. The molecule has 0 aliphatic rings. The number of aromatic nitrogens is 1. The number of hydrazone groups is 1. The maximum absolute atomic E-state index is 12.1. The number of hydrogen-bond acceptors (Lipinski definition) is 3. The Labute approximate surface area is 128 Å². The predicted octanol–water partition coefficient (Wildman–Crippen LogP) is 2.96. The number of nitrogens with zero attached hydrogens (tertiary/aromatic N) is 1. The molecule has 3 rings (SSSR count). The topological polar surface area (TPSA) is 57.2 Å². The molecule has 1 heterocycles. The molecule has 0 spiro atoms. The second-order valence-corrected chi connectivity index (χ2v) is 5.17. The van der Waals surface area contributed by atoms with Gasteiger partial charge in [-0.2, -0.15) is 5.10 Å². The molecule has 0 aliphatic heterocycles. The van der Waals surface area contributed by atoms with E-state index in [1.54, 1.807) is 6.21 Å². The molecule has 110 valence electrons. The second kappa shape index (κ2) is 6.26. The quantitative estimate of drug-likeness (QED) is 0.573. The Morgan fingerprint density at radius 1 is 1.14 bits per heavy atom. The number of H-pyrrole nitrogens is 1. The average Bonchev–Trinajstić information content (AvgIpc) is 2.54. The monoisotopic (exact) mass is 291 g/mol. The Kier molecular flexibility index (Phi) is 4.01. The lowest BCUT2D eigenvalue weighted by Crippen LogP contribution is -2.14. The van der Waals surface area contributed by atoms with E-state index >= 15 is 0 Å². The third-order valence-corrected chi connectivity index (χ3v) is 3.54. The van der Waals surface area contributed by atoms with Gasteiger partial charge in [0.2, 0.25) is 0 Å². The van der Waals surface area contributed by atoms with Gasteiger partial charge in [-0.05, 0) is 29.5 Å². The van der Waals surface area contributed by atoms with Crippen molar-refractivity contribution in [2.75, 3.05) is 0 Å². The minimum Gasteiger partial charge on any atom is -0.321 e. The number of aromatic amines is 1. The maximum atomic E-state index is 12.1. The highest BCUT2D eigenvalue weighted by Gasteiger charge is 2.02. The van der Waals surface area contributed by atoms with Crippen LogP contribution in [0.25, 0.3) is 10.9 Å². The molecule has 0 amide bonds. The average molecular weight is 291 g/mol. The van der Waals surface area contributed by atoms with E-state index in [2.05, 4.69) is 15.5 Å². The molecule has 4 heteroatoms. The Bertz CT molecular complexity index is 866. The molecule has 22 heavy (non-hydrogen) atoms. The molecular weight excluding hydrogens is 274 g/mol. The van der Waals surface area contributed by atoms with Crippen LogP contribution in [0.1, 0.15) is 16.7 Å². The highest BCUT2D eigenvalue weighted by Crippen LogP contribution is 2.14. The standard InChI is InChI=1S/C18H17N3O/c1-13-6-5-9-15-10-16(18(22)21-17(13)15)12-20-19-11-14-7-3-2-4-8-14/h2-10,12,19H,11H2,1H3,(H,21,22)/b20-12+. The number of rotatable bonds is 4. The lowest BCUT2D eigenvalue weighted by Gasteiger charge is -2.03. The first-order valence-electron chi connectivity index (χ1n) is 7.16. The largest absolute Gasteiger partial charge is 0.321 e. The van der Waals surface area contributed by atoms with E-state index in [0.717, 1.165) is 22.0 Å². The Hall–Kier alpha value is -2.88. The minimum absolute atomic E-state index is 0.132. The van der Waals surface area contributed by atoms with Crippen molar-refractivity contribution in [1.29, 1.82) is 0 Å². The van der Waals surface area contributed by atoms with Crippen LogP contribution in [0.5, 0.6) is 0 Å². The van der Waals surface area contributed by atoms with Crippen LogP contribution in [0.4, 0.5) is 0 Å². The van der Waals surface area contributed by atoms with Crippen LogP contribution in [-0.4, -0.2) is 11.2 Å². The van der Waals surface area contributed by atoms with Crippen LogP contribution in [0.3, 0.4) is 0 Å². The van der Waals surface area contributed by atoms with Gasteiger partial charge in [-0.1, -0.05) is 48.5 Å². The van der Waals surface area contributed by atoms with Crippen molar-refractivity contribution in [3.63, 3.8) is 0 Å². The molecular formula is C18H17N3O. The Morgan fingerprint density at radius 3 is 2.77 bits per heavy atom. The number of para-hydroxylation sites is 1. The normalized spacial score (nSPS) is 11.1. The summed E-state index contributed by atoms with van der Waals surface area (Å²) >= 11 is 0. The molecule has 0 saturated carbocycles. The van der Waals surface area contributed by atoms with Gasteiger partial charge in [0, 0.05) is 0 Å². The third-order valence-electron chi connectivity index (χ3n) is 3.54. The molecule has 0 unspecified atom stereocenters. The summed E-state index contributed by atoms with van der Waals surface area (Å²) in [6.45, 7) is 2.61. The first kappa shape index (κ1) is 14.1. The molecule has 3 aromatic rings. The molecule has 2 N–H and O–H groups in total. The summed E-state index contributed by atoms with van der Waals surface area (Å²) in [6, 6.07) is 17.8. The van der Waals surface area contributed by atoms with Crippen LogP contribution in [0.2, 0.25) is 0 Å². The highest BCUT2D eigenvalue weighted by atomic mass is 16.1. The van der Waals surface area contributed by atoms with E-state index in [4.69, 9.17) is 0 Å². The van der Waals surface area contributed by atoms with E-state index in [-0.39, 0.29) is 5.56 Å². The number of benzene rings is 2. The summed E-state index contributed by atoms with van der Waals surface area (Å²) in [7, 11) is 0. The maximum Gasteiger partial charge on any atom is 0.257 e. The molecule has 4 nitrogen and oxygen atoms in total. The Morgan fingerprint density at radius 2 is 1.95 bits per heavy atom. The first-order valence-corrected chi connectivity index (χ1v) is 7.16. The summed E-state index contributed by atoms with van der Waals surface area (Å²) in [5.74, 6) is 0. The molecule has 0 aliphatic carbocycles. The van der Waals surface area contributed by atoms with Crippen LogP contribution in [-0.2, 0) is 6.54 Å². The van der Waals surface area contributed by atoms with Gasteiger partial charge in [0.05, 0.1) is 23.8 Å². The second-order valence-electron chi connectivity index (χ2n) is 5.17. The van der Waals surface area contributed by atoms with Crippen LogP contribution < -0.4 is 11.0 Å². The molecule has 2 aromatic carbocycles. The number of pyridine rings is 1. The molecule has 0 saturated heterocycles. The fourth-order valence-electron chi connectivity index (χ4n) is 2.34. The SMILES string of the molecule is Cc1cccc2cc(/C=N/NCc3ccccc3)c(=O)[nH]c12. The summed E-state index contributed by atoms with van der Waals surface area (Å²) in [5.41, 5.74) is 6.44. The molecule has 0 radical (unpaired) electrons. The van der Waals surface area contributed by atoms with Gasteiger partial charge in [-0.15, -0.1) is 0 Å². The van der Waals surface area contributed by atoms with Crippen LogP contribution in [0, 0.1) is 6.92 Å². The summed E-state index contributed by atoms with van der Waals surface area (Å²) in [5, 5.41) is 5.14. The molecule has 0 bridgehead atoms. The lowest BCUT2D eigenvalue weighted by molar-refractivity contribution is 0.748. The van der Waals surface area contributed by atoms with Gasteiger partial charge in [0.15, 0.2) is 0 Å². The Balaban J connectivity index is 1.77. The molecule has 0 atom stereocenters. The fraction of sp³-hybridized carbons (Fsp3) is 0.111. The number of nitrogens with one attached hydrogen (secondary N) is 2. The van der Waals surface area contributed by atoms with Crippen LogP contribution in [0.15, 0.2) is 64.5 Å². The van der Waals surface area contributed by atoms with E-state index in [9.17, 15) is 4.79 Å². The van der Waals surface area contributed by atoms with Gasteiger partial charge < -0.3 is 10.4 Å². The van der Waals surface area contributed by atoms with E-state index in [1.807, 2.05) is 61.5 Å². The van der Waals surface area contributed by atoms with Gasteiger partial charge in [-0.25, -0.2) is 0 Å². The zero-order valence-electron chi connectivity index (χ0n) is 12.3. The fourth-order valence-corrected chi connectivity index (χ4v) is 2.34. The van der Waals surface area contributed by atoms with Crippen LogP contribution >= 0.6 is 0 Å². The highest BCUT2D eigenvalue weighted by molar-refractivity contribution is 5.88. The number of aryl methyl sites for hydroxylation is 1. The summed E-state index contributed by atoms with van der Waals surface area (Å²) < 4.78 is 0. The zero-order chi connectivity index (χ0) is 15.4. The van der Waals surface area contributed by atoms with Gasteiger partial charge >= 0.3 is 0 Å². The third kappa shape index (κ3) is 3.06. The van der Waals surface area contributed by atoms with Crippen molar-refractivity contribution in [3.05, 3.63) is 81.6 Å². The number of hydrogen-bond donors (Lipinski definition) is 2. The van der Waals surface area contributed by atoms with Gasteiger partial charge in [-0.3, -0.25) is 4.79 Å². The molecule has 0 fully saturated rings. The minimum atomic E-state index is -0.132. The van der Waals surface area contributed by atoms with Crippen molar-refractivity contribution < 1.29 is 0 Å². The van der Waals surface area contributed by atoms with Crippen molar-refractivity contribution in [1.82, 2.24) is 10.4 Å². The van der Waals surface area contributed by atoms with Gasteiger partial charge in [0.1, 0.15) is 0 Å². The summed E-state index contributed by atoms with van der Waals surface area (Å²) in [4.78, 5) is 15.0. The molecule has 1 aromatic heterocycles. The van der Waals surface area contributed by atoms with Crippen molar-refractivity contribution in [2.24, 2.45) is 5.10 Å². The van der Waals surface area contributed by atoms with E-state index in [0.29, 0.717) is 12.1 Å². The predicted molar refractivity (Wildman–Crippen MR) is 90.2 cm³/mol. The number of fused-ring (bicyclic) bond motifs is 1. The lowest BCUT2D eigenvalue weighted by atomic mass is 10.1. The van der Waals surface area contributed by atoms with Crippen molar-refractivity contribution in [3.8, 4) is 0 Å². The smallest absolute Gasteiger partial charge is 0.257 e. The zero-order valence-corrected chi connectivity index (χ0v) is 12.3. The first-order chi connectivity index (χ1) is 10.7. The van der Waals surface area contributed by atoms with Gasteiger partial charge in [0.25, 0.3) is 5.56 Å². The van der Waals surface area contributed by atoms with Crippen molar-refractivity contribution >= 4 is 17.1 Å². The van der Waals surface area contributed by atoms with E-state index in [1.165, 1.54) is 0 Å².